The smallest absolute Gasteiger partial charge is 0.356 e. The second-order valence-electron chi connectivity index (χ2n) is 3.63. The van der Waals surface area contributed by atoms with Gasteiger partial charge in [0.1, 0.15) is 17.2 Å². The van der Waals surface area contributed by atoms with Crippen molar-refractivity contribution in [2.75, 3.05) is 0 Å². The van der Waals surface area contributed by atoms with E-state index in [1.54, 1.807) is 12.1 Å². The quantitative estimate of drug-likeness (QED) is 0.739. The molecule has 0 bridgehead atoms. The molecule has 0 aliphatic carbocycles. The average Bonchev–Trinajstić information content (AvgIpc) is 2.32. The van der Waals surface area contributed by atoms with Crippen LogP contribution in [0.3, 0.4) is 0 Å². The fraction of sp³-hybridized carbons (Fsp3) is 0. The average molecular weight is 266 g/mol. The minimum absolute atomic E-state index is 0.0550. The van der Waals surface area contributed by atoms with Gasteiger partial charge in [-0.05, 0) is 48.5 Å². The number of ether oxygens (including phenoxy) is 1. The summed E-state index contributed by atoms with van der Waals surface area (Å²) in [6.45, 7) is 0. The van der Waals surface area contributed by atoms with Crippen molar-refractivity contribution in [3.8, 4) is 17.2 Å². The molecule has 0 atom stereocenters. The second kappa shape index (κ2) is 4.82. The lowest BCUT2D eigenvalue weighted by molar-refractivity contribution is 0.387. The monoisotopic (exact) mass is 266 g/mol. The maximum absolute atomic E-state index is 11.0. The van der Waals surface area contributed by atoms with Crippen LogP contribution in [0, 0.1) is 0 Å². The Morgan fingerprint density at radius 2 is 1.28 bits per heavy atom. The molecule has 2 rings (SSSR count). The molecule has 0 saturated heterocycles. The molecule has 0 amide bonds. The predicted octanol–water partition coefficient (Wildman–Crippen LogP) is 1.99. The van der Waals surface area contributed by atoms with Crippen molar-refractivity contribution < 1.29 is 24.2 Å². The molecule has 0 aromatic heterocycles. The standard InChI is InChI=1S/C12H11O5P/c13-9-1-3-10(4-2-9)17-11-5-7-12(8-6-11)18(14,15)16/h1-8,13H,(H2,14,15,16). The Morgan fingerprint density at radius 1 is 0.833 bits per heavy atom. The van der Waals surface area contributed by atoms with Gasteiger partial charge in [0.2, 0.25) is 0 Å². The van der Waals surface area contributed by atoms with Gasteiger partial charge < -0.3 is 19.6 Å². The second-order valence-corrected chi connectivity index (χ2v) is 5.24. The van der Waals surface area contributed by atoms with Gasteiger partial charge in [0, 0.05) is 0 Å². The fourth-order valence-electron chi connectivity index (χ4n) is 1.36. The van der Waals surface area contributed by atoms with Crippen LogP contribution in [0.25, 0.3) is 0 Å². The van der Waals surface area contributed by atoms with Gasteiger partial charge in [-0.2, -0.15) is 0 Å². The van der Waals surface area contributed by atoms with E-state index >= 15 is 0 Å². The highest BCUT2D eigenvalue weighted by Crippen LogP contribution is 2.34. The summed E-state index contributed by atoms with van der Waals surface area (Å²) in [5.41, 5.74) is 0. The molecule has 2 aromatic carbocycles. The van der Waals surface area contributed by atoms with Crippen LogP contribution in [0.5, 0.6) is 17.2 Å². The van der Waals surface area contributed by atoms with Gasteiger partial charge in [-0.1, -0.05) is 0 Å². The SMILES string of the molecule is O=P(O)(O)c1ccc(Oc2ccc(O)cc2)cc1. The van der Waals surface area contributed by atoms with E-state index in [1.165, 1.54) is 36.4 Å². The van der Waals surface area contributed by atoms with Gasteiger partial charge in [-0.3, -0.25) is 4.57 Å². The summed E-state index contributed by atoms with van der Waals surface area (Å²) in [7, 11) is -4.22. The Balaban J connectivity index is 2.16. The summed E-state index contributed by atoms with van der Waals surface area (Å²) in [6.07, 6.45) is 0. The van der Waals surface area contributed by atoms with E-state index in [9.17, 15) is 4.57 Å². The molecule has 0 radical (unpaired) electrons. The first-order valence-electron chi connectivity index (χ1n) is 5.08. The van der Waals surface area contributed by atoms with Crippen LogP contribution in [0.2, 0.25) is 0 Å². The molecule has 18 heavy (non-hydrogen) atoms. The minimum Gasteiger partial charge on any atom is -0.508 e. The summed E-state index contributed by atoms with van der Waals surface area (Å²) in [5.74, 6) is 1.12. The van der Waals surface area contributed by atoms with Gasteiger partial charge in [-0.25, -0.2) is 0 Å². The molecule has 0 saturated carbocycles. The molecule has 5 nitrogen and oxygen atoms in total. The van der Waals surface area contributed by atoms with Gasteiger partial charge >= 0.3 is 7.60 Å². The maximum Gasteiger partial charge on any atom is 0.356 e. The lowest BCUT2D eigenvalue weighted by atomic mass is 10.3. The molecule has 0 spiro atoms. The van der Waals surface area contributed by atoms with E-state index < -0.39 is 7.60 Å². The molecule has 2 aromatic rings. The molecule has 0 fully saturated rings. The number of aromatic hydroxyl groups is 1. The van der Waals surface area contributed by atoms with E-state index in [0.717, 1.165) is 0 Å². The first-order valence-corrected chi connectivity index (χ1v) is 6.69. The van der Waals surface area contributed by atoms with E-state index in [-0.39, 0.29) is 11.1 Å². The Kier molecular flexibility index (Phi) is 3.39. The van der Waals surface area contributed by atoms with Crippen molar-refractivity contribution in [2.24, 2.45) is 0 Å². The number of benzene rings is 2. The molecule has 3 N–H and O–H groups in total. The highest BCUT2D eigenvalue weighted by Gasteiger charge is 2.16. The molecule has 0 unspecified atom stereocenters. The van der Waals surface area contributed by atoms with E-state index in [4.69, 9.17) is 19.6 Å². The van der Waals surface area contributed by atoms with E-state index in [0.29, 0.717) is 11.5 Å². The zero-order chi connectivity index (χ0) is 13.2. The molecule has 0 aliphatic rings. The number of hydrogen-bond donors (Lipinski definition) is 3. The molecular weight excluding hydrogens is 255 g/mol. The third-order valence-corrected chi connectivity index (χ3v) is 3.22. The largest absolute Gasteiger partial charge is 0.508 e. The van der Waals surface area contributed by atoms with E-state index in [2.05, 4.69) is 0 Å². The number of rotatable bonds is 3. The van der Waals surface area contributed by atoms with Crippen LogP contribution in [-0.2, 0) is 4.57 Å². The Hall–Kier alpha value is -1.81. The molecule has 0 heterocycles. The highest BCUT2D eigenvalue weighted by molar-refractivity contribution is 7.60. The summed E-state index contributed by atoms with van der Waals surface area (Å²) in [4.78, 5) is 17.9. The van der Waals surface area contributed by atoms with Crippen LogP contribution in [0.1, 0.15) is 0 Å². The van der Waals surface area contributed by atoms with Gasteiger partial charge in [0.25, 0.3) is 0 Å². The number of phenolic OH excluding ortho intramolecular Hbond substituents is 1. The van der Waals surface area contributed by atoms with Crippen LogP contribution in [0.15, 0.2) is 48.5 Å². The van der Waals surface area contributed by atoms with Crippen LogP contribution < -0.4 is 10.0 Å². The van der Waals surface area contributed by atoms with Crippen molar-refractivity contribution in [1.82, 2.24) is 0 Å². The minimum atomic E-state index is -4.22. The number of hydrogen-bond acceptors (Lipinski definition) is 3. The van der Waals surface area contributed by atoms with Crippen molar-refractivity contribution >= 4 is 12.9 Å². The normalized spacial score (nSPS) is 11.2. The highest BCUT2D eigenvalue weighted by atomic mass is 31.2. The fourth-order valence-corrected chi connectivity index (χ4v) is 1.90. The topological polar surface area (TPSA) is 87.0 Å². The first-order chi connectivity index (χ1) is 8.45. The molecular formula is C12H11O5P. The Morgan fingerprint density at radius 3 is 1.72 bits per heavy atom. The lowest BCUT2D eigenvalue weighted by Crippen LogP contribution is -2.02. The zero-order valence-electron chi connectivity index (χ0n) is 9.22. The predicted molar refractivity (Wildman–Crippen MR) is 66.3 cm³/mol. The molecule has 94 valence electrons. The number of phenols is 1. The zero-order valence-corrected chi connectivity index (χ0v) is 10.1. The molecule has 0 aliphatic heterocycles. The third-order valence-electron chi connectivity index (χ3n) is 2.25. The summed E-state index contributed by atoms with van der Waals surface area (Å²) in [5, 5.41) is 9.05. The van der Waals surface area contributed by atoms with E-state index in [1.807, 2.05) is 0 Å². The third kappa shape index (κ3) is 3.11. The lowest BCUT2D eigenvalue weighted by Gasteiger charge is -2.07. The summed E-state index contributed by atoms with van der Waals surface area (Å²) >= 11 is 0. The molecule has 6 heteroatoms. The van der Waals surface area contributed by atoms with Crippen molar-refractivity contribution in [1.29, 1.82) is 0 Å². The van der Waals surface area contributed by atoms with Crippen molar-refractivity contribution in [3.63, 3.8) is 0 Å². The summed E-state index contributed by atoms with van der Waals surface area (Å²) in [6, 6.07) is 11.7. The van der Waals surface area contributed by atoms with Crippen molar-refractivity contribution in [2.45, 2.75) is 0 Å². The van der Waals surface area contributed by atoms with Crippen LogP contribution in [0.4, 0.5) is 0 Å². The van der Waals surface area contributed by atoms with Crippen molar-refractivity contribution in [3.05, 3.63) is 48.5 Å². The Bertz CT molecular complexity index is 570. The van der Waals surface area contributed by atoms with Gasteiger partial charge in [0.05, 0.1) is 5.30 Å². The van der Waals surface area contributed by atoms with Crippen LogP contribution in [-0.4, -0.2) is 14.9 Å². The van der Waals surface area contributed by atoms with Gasteiger partial charge in [-0.15, -0.1) is 0 Å². The van der Waals surface area contributed by atoms with Crippen LogP contribution >= 0.6 is 7.60 Å². The first kappa shape index (κ1) is 12.6. The Labute approximate surface area is 103 Å². The maximum atomic E-state index is 11.0. The summed E-state index contributed by atoms with van der Waals surface area (Å²) < 4.78 is 16.4. The van der Waals surface area contributed by atoms with Gasteiger partial charge in [0.15, 0.2) is 0 Å².